The smallest absolute Gasteiger partial charge is 0.305 e. The number of hydrogen-bond donors (Lipinski definition) is 1. The molecule has 1 fully saturated rings. The highest BCUT2D eigenvalue weighted by Gasteiger charge is 2.39. The average molecular weight is 256 g/mol. The van der Waals surface area contributed by atoms with Crippen molar-refractivity contribution in [1.82, 2.24) is 9.29 Å². The maximum Gasteiger partial charge on any atom is 0.305 e. The molecule has 1 aromatic rings. The number of aromatic nitrogens is 1. The Kier molecular flexibility index (Phi) is 2.96. The van der Waals surface area contributed by atoms with Crippen LogP contribution in [0.3, 0.4) is 0 Å². The van der Waals surface area contributed by atoms with Crippen molar-refractivity contribution in [2.24, 2.45) is 0 Å². The maximum absolute atomic E-state index is 12.2. The highest BCUT2D eigenvalue weighted by molar-refractivity contribution is 7.90. The monoisotopic (exact) mass is 256 g/mol. The van der Waals surface area contributed by atoms with E-state index in [9.17, 15) is 8.42 Å². The molecule has 17 heavy (non-hydrogen) atoms. The molecule has 0 unspecified atom stereocenters. The highest BCUT2D eigenvalue weighted by atomic mass is 32.2. The third kappa shape index (κ3) is 2.34. The highest BCUT2D eigenvalue weighted by Crippen LogP contribution is 2.33. The molecule has 1 aromatic heterocycles. The Balaban J connectivity index is 2.39. The lowest BCUT2D eigenvalue weighted by Crippen LogP contribution is -2.42. The fraction of sp³-hybridized carbons (Fsp3) is 0.500. The quantitative estimate of drug-likeness (QED) is 0.847. The molecule has 0 saturated heterocycles. The van der Waals surface area contributed by atoms with Gasteiger partial charge in [0.1, 0.15) is 5.82 Å². The van der Waals surface area contributed by atoms with E-state index in [2.05, 4.69) is 4.98 Å². The topological polar surface area (TPSA) is 79.5 Å². The minimum Gasteiger partial charge on any atom is -0.397 e. The third-order valence-electron chi connectivity index (χ3n) is 2.59. The Hall–Kier alpha value is -1.34. The number of nitrogens with two attached hydrogens (primary N) is 1. The van der Waals surface area contributed by atoms with E-state index in [4.69, 9.17) is 5.73 Å². The number of hydrogen-bond acceptors (Lipinski definition) is 4. The molecule has 7 heteroatoms. The van der Waals surface area contributed by atoms with E-state index >= 15 is 0 Å². The van der Waals surface area contributed by atoms with Gasteiger partial charge in [-0.25, -0.2) is 9.29 Å². The summed E-state index contributed by atoms with van der Waals surface area (Å²) in [4.78, 5) is 4.08. The lowest BCUT2D eigenvalue weighted by Gasteiger charge is -2.26. The van der Waals surface area contributed by atoms with Gasteiger partial charge in [0.05, 0.1) is 11.9 Å². The van der Waals surface area contributed by atoms with Crippen LogP contribution >= 0.6 is 0 Å². The van der Waals surface area contributed by atoms with Crippen molar-refractivity contribution in [3.63, 3.8) is 0 Å². The van der Waals surface area contributed by atoms with Crippen LogP contribution in [0.4, 0.5) is 11.5 Å². The first-order valence-corrected chi connectivity index (χ1v) is 6.76. The van der Waals surface area contributed by atoms with Gasteiger partial charge in [-0.3, -0.25) is 0 Å². The molecule has 94 valence electrons. The molecule has 0 aliphatic heterocycles. The Bertz CT molecular complexity index is 494. The molecule has 2 rings (SSSR count). The van der Waals surface area contributed by atoms with Gasteiger partial charge in [0.25, 0.3) is 0 Å². The number of nitrogens with zero attached hydrogens (tertiary/aromatic N) is 3. The summed E-state index contributed by atoms with van der Waals surface area (Å²) in [5.74, 6) is 0.426. The lowest BCUT2D eigenvalue weighted by atomic mass is 10.4. The van der Waals surface area contributed by atoms with Crippen LogP contribution < -0.4 is 10.0 Å². The van der Waals surface area contributed by atoms with Crippen molar-refractivity contribution in [2.75, 3.05) is 24.1 Å². The summed E-state index contributed by atoms with van der Waals surface area (Å²) in [6.07, 6.45) is 3.22. The Morgan fingerprint density at radius 3 is 2.41 bits per heavy atom. The molecule has 0 aromatic carbocycles. The molecule has 1 heterocycles. The zero-order valence-electron chi connectivity index (χ0n) is 9.87. The van der Waals surface area contributed by atoms with Crippen LogP contribution in [0, 0.1) is 0 Å². The molecule has 0 amide bonds. The molecule has 6 nitrogen and oxygen atoms in total. The van der Waals surface area contributed by atoms with Crippen molar-refractivity contribution < 1.29 is 8.42 Å². The molecule has 0 bridgehead atoms. The minimum atomic E-state index is -3.48. The fourth-order valence-electron chi connectivity index (χ4n) is 1.51. The van der Waals surface area contributed by atoms with Gasteiger partial charge in [-0.2, -0.15) is 12.7 Å². The Morgan fingerprint density at radius 1 is 1.35 bits per heavy atom. The van der Waals surface area contributed by atoms with E-state index in [1.165, 1.54) is 28.9 Å². The van der Waals surface area contributed by atoms with Crippen LogP contribution in [-0.2, 0) is 10.2 Å². The molecule has 0 radical (unpaired) electrons. The second kappa shape index (κ2) is 4.15. The van der Waals surface area contributed by atoms with Crippen molar-refractivity contribution >= 4 is 21.7 Å². The molecule has 1 saturated carbocycles. The molecular formula is C10H16N4O2S. The van der Waals surface area contributed by atoms with Crippen LogP contribution in [0.5, 0.6) is 0 Å². The van der Waals surface area contributed by atoms with Gasteiger partial charge in [0.2, 0.25) is 0 Å². The summed E-state index contributed by atoms with van der Waals surface area (Å²) >= 11 is 0. The van der Waals surface area contributed by atoms with E-state index in [1.54, 1.807) is 12.1 Å². The van der Waals surface area contributed by atoms with Crippen LogP contribution in [0.1, 0.15) is 12.8 Å². The molecule has 2 N–H and O–H groups in total. The summed E-state index contributed by atoms with van der Waals surface area (Å²) < 4.78 is 26.9. The standard InChI is InChI=1S/C10H16N4O2S/c1-13(2)17(15,16)14(9-4-5-9)10-6-3-8(11)7-12-10/h3,6-7,9H,4-5,11H2,1-2H3. The van der Waals surface area contributed by atoms with Gasteiger partial charge >= 0.3 is 10.2 Å². The number of rotatable bonds is 4. The summed E-state index contributed by atoms with van der Waals surface area (Å²) in [5, 5.41) is 0. The Morgan fingerprint density at radius 2 is 2.00 bits per heavy atom. The van der Waals surface area contributed by atoms with Gasteiger partial charge in [-0.05, 0) is 25.0 Å². The van der Waals surface area contributed by atoms with Gasteiger partial charge in [0.15, 0.2) is 0 Å². The summed E-state index contributed by atoms with van der Waals surface area (Å²) in [5.41, 5.74) is 6.07. The first-order chi connectivity index (χ1) is 7.93. The average Bonchev–Trinajstić information content (AvgIpc) is 3.05. The van der Waals surface area contributed by atoms with E-state index in [0.29, 0.717) is 11.5 Å². The predicted octanol–water partition coefficient (Wildman–Crippen LogP) is 0.439. The molecular weight excluding hydrogens is 240 g/mol. The number of anilines is 2. The van der Waals surface area contributed by atoms with E-state index in [1.807, 2.05) is 0 Å². The molecule has 0 atom stereocenters. The summed E-state index contributed by atoms with van der Waals surface area (Å²) in [6.45, 7) is 0. The van der Waals surface area contributed by atoms with Gasteiger partial charge < -0.3 is 5.73 Å². The minimum absolute atomic E-state index is 0.0264. The number of pyridine rings is 1. The summed E-state index contributed by atoms with van der Waals surface area (Å²) in [7, 11) is -0.447. The second-order valence-corrected chi connectivity index (χ2v) is 6.29. The number of nitrogen functional groups attached to an aromatic ring is 1. The zero-order valence-corrected chi connectivity index (χ0v) is 10.7. The van der Waals surface area contributed by atoms with Crippen LogP contribution in [0.25, 0.3) is 0 Å². The molecule has 1 aliphatic rings. The predicted molar refractivity (Wildman–Crippen MR) is 66.8 cm³/mol. The maximum atomic E-state index is 12.2. The molecule has 0 spiro atoms. The van der Waals surface area contributed by atoms with E-state index in [-0.39, 0.29) is 6.04 Å². The van der Waals surface area contributed by atoms with Crippen molar-refractivity contribution in [3.05, 3.63) is 18.3 Å². The van der Waals surface area contributed by atoms with Crippen molar-refractivity contribution in [3.8, 4) is 0 Å². The largest absolute Gasteiger partial charge is 0.397 e. The Labute approximate surface area is 101 Å². The zero-order chi connectivity index (χ0) is 12.6. The molecule has 1 aliphatic carbocycles. The van der Waals surface area contributed by atoms with Gasteiger partial charge in [0, 0.05) is 20.1 Å². The van der Waals surface area contributed by atoms with E-state index < -0.39 is 10.2 Å². The van der Waals surface area contributed by atoms with Gasteiger partial charge in [-0.15, -0.1) is 0 Å². The van der Waals surface area contributed by atoms with Crippen molar-refractivity contribution in [2.45, 2.75) is 18.9 Å². The first-order valence-electron chi connectivity index (χ1n) is 5.36. The lowest BCUT2D eigenvalue weighted by molar-refractivity contribution is 0.514. The SMILES string of the molecule is CN(C)S(=O)(=O)N(c1ccc(N)cn1)C1CC1. The normalized spacial score (nSPS) is 16.2. The van der Waals surface area contributed by atoms with Crippen LogP contribution in [0.2, 0.25) is 0 Å². The van der Waals surface area contributed by atoms with Crippen LogP contribution in [0.15, 0.2) is 18.3 Å². The van der Waals surface area contributed by atoms with E-state index in [0.717, 1.165) is 12.8 Å². The first kappa shape index (κ1) is 12.1. The van der Waals surface area contributed by atoms with Crippen LogP contribution in [-0.4, -0.2) is 37.8 Å². The van der Waals surface area contributed by atoms with Gasteiger partial charge in [-0.1, -0.05) is 0 Å². The second-order valence-electron chi connectivity index (χ2n) is 4.27. The third-order valence-corrected chi connectivity index (χ3v) is 4.49. The van der Waals surface area contributed by atoms with Crippen molar-refractivity contribution in [1.29, 1.82) is 0 Å². The summed E-state index contributed by atoms with van der Waals surface area (Å²) in [6, 6.07) is 3.32. The fourth-order valence-corrected chi connectivity index (χ4v) is 2.79.